The van der Waals surface area contributed by atoms with Gasteiger partial charge in [0, 0.05) is 19.3 Å². The highest BCUT2D eigenvalue weighted by atomic mass is 15.1. The molecule has 1 saturated heterocycles. The quantitative estimate of drug-likeness (QED) is 0.917. The van der Waals surface area contributed by atoms with E-state index >= 15 is 0 Å². The molecular weight excluding hydrogens is 236 g/mol. The van der Waals surface area contributed by atoms with Crippen LogP contribution in [0.15, 0.2) is 12.3 Å². The minimum atomic E-state index is 0.847. The van der Waals surface area contributed by atoms with Gasteiger partial charge >= 0.3 is 0 Å². The molecule has 1 fully saturated rings. The Morgan fingerprint density at radius 3 is 3.21 bits per heavy atom. The second-order valence-corrected chi connectivity index (χ2v) is 5.67. The van der Waals surface area contributed by atoms with Crippen molar-refractivity contribution in [3.63, 3.8) is 0 Å². The molecule has 0 bridgehead atoms. The average Bonchev–Trinajstić information content (AvgIpc) is 2.96. The van der Waals surface area contributed by atoms with Crippen LogP contribution in [0.2, 0.25) is 0 Å². The van der Waals surface area contributed by atoms with Gasteiger partial charge < -0.3 is 4.98 Å². The maximum atomic E-state index is 4.41. The van der Waals surface area contributed by atoms with Crippen molar-refractivity contribution in [2.24, 2.45) is 5.92 Å². The fourth-order valence-corrected chi connectivity index (χ4v) is 3.15. The lowest BCUT2D eigenvalue weighted by Crippen LogP contribution is -2.20. The van der Waals surface area contributed by atoms with Gasteiger partial charge in [0.25, 0.3) is 0 Å². The Labute approximate surface area is 114 Å². The molecule has 3 heterocycles. The molecular formula is C15H22N4. The van der Waals surface area contributed by atoms with E-state index in [1.54, 1.807) is 0 Å². The highest BCUT2D eigenvalue weighted by Crippen LogP contribution is 2.24. The predicted molar refractivity (Wildman–Crippen MR) is 76.9 cm³/mol. The molecule has 0 radical (unpaired) electrons. The van der Waals surface area contributed by atoms with E-state index in [2.05, 4.69) is 32.8 Å². The van der Waals surface area contributed by atoms with Gasteiger partial charge in [-0.1, -0.05) is 13.3 Å². The average molecular weight is 258 g/mol. The Hall–Kier alpha value is -1.42. The lowest BCUT2D eigenvalue weighted by molar-refractivity contribution is 0.314. The summed E-state index contributed by atoms with van der Waals surface area (Å²) in [5.74, 6) is 1.84. The van der Waals surface area contributed by atoms with Crippen LogP contribution in [0.1, 0.15) is 37.6 Å². The number of rotatable bonds is 4. The van der Waals surface area contributed by atoms with Crippen molar-refractivity contribution in [1.82, 2.24) is 19.9 Å². The number of nitrogens with one attached hydrogen (secondary N) is 1. The molecule has 1 aliphatic heterocycles. The van der Waals surface area contributed by atoms with Crippen LogP contribution in [-0.4, -0.2) is 32.9 Å². The number of H-pyrrole nitrogens is 1. The van der Waals surface area contributed by atoms with Crippen LogP contribution in [0.25, 0.3) is 11.2 Å². The molecule has 4 nitrogen and oxygen atoms in total. The van der Waals surface area contributed by atoms with Crippen molar-refractivity contribution < 1.29 is 0 Å². The molecule has 102 valence electrons. The van der Waals surface area contributed by atoms with E-state index in [1.807, 2.05) is 13.1 Å². The zero-order valence-corrected chi connectivity index (χ0v) is 11.8. The van der Waals surface area contributed by atoms with E-state index in [0.717, 1.165) is 29.5 Å². The molecule has 1 aliphatic rings. The Kier molecular flexibility index (Phi) is 3.51. The molecule has 0 spiro atoms. The van der Waals surface area contributed by atoms with Crippen LogP contribution < -0.4 is 0 Å². The standard InChI is InChI=1S/C15H22N4/c1-3-4-12-6-8-19(9-12)10-13-5-7-16-15-14(13)17-11(2)18-15/h5,7,12H,3-4,6,8-10H2,1-2H3,(H,16,17,18). The first-order chi connectivity index (χ1) is 9.26. The van der Waals surface area contributed by atoms with Crippen LogP contribution in [0.5, 0.6) is 0 Å². The molecule has 2 aromatic heterocycles. The van der Waals surface area contributed by atoms with E-state index in [4.69, 9.17) is 0 Å². The molecule has 19 heavy (non-hydrogen) atoms. The van der Waals surface area contributed by atoms with E-state index < -0.39 is 0 Å². The van der Waals surface area contributed by atoms with Crippen LogP contribution in [0, 0.1) is 12.8 Å². The van der Waals surface area contributed by atoms with Crippen molar-refractivity contribution in [3.05, 3.63) is 23.7 Å². The molecule has 3 rings (SSSR count). The van der Waals surface area contributed by atoms with Crippen LogP contribution in [-0.2, 0) is 6.54 Å². The molecule has 1 unspecified atom stereocenters. The predicted octanol–water partition coefficient (Wildman–Crippen LogP) is 2.89. The van der Waals surface area contributed by atoms with Gasteiger partial charge in [-0.25, -0.2) is 9.97 Å². The summed E-state index contributed by atoms with van der Waals surface area (Å²) in [5, 5.41) is 0. The summed E-state index contributed by atoms with van der Waals surface area (Å²) in [5.41, 5.74) is 3.28. The monoisotopic (exact) mass is 258 g/mol. The first-order valence-corrected chi connectivity index (χ1v) is 7.29. The highest BCUT2D eigenvalue weighted by Gasteiger charge is 2.22. The first-order valence-electron chi connectivity index (χ1n) is 7.29. The van der Waals surface area contributed by atoms with Gasteiger partial charge in [0.1, 0.15) is 5.82 Å². The summed E-state index contributed by atoms with van der Waals surface area (Å²) in [4.78, 5) is 14.6. The van der Waals surface area contributed by atoms with Crippen LogP contribution >= 0.6 is 0 Å². The Morgan fingerprint density at radius 2 is 2.37 bits per heavy atom. The van der Waals surface area contributed by atoms with Gasteiger partial charge in [0.15, 0.2) is 5.65 Å². The van der Waals surface area contributed by atoms with E-state index in [0.29, 0.717) is 0 Å². The van der Waals surface area contributed by atoms with Gasteiger partial charge in [0.2, 0.25) is 0 Å². The fraction of sp³-hybridized carbons (Fsp3) is 0.600. The summed E-state index contributed by atoms with van der Waals surface area (Å²) < 4.78 is 0. The smallest absolute Gasteiger partial charge is 0.177 e. The minimum absolute atomic E-state index is 0.847. The third-order valence-electron chi connectivity index (χ3n) is 4.06. The van der Waals surface area contributed by atoms with E-state index in [1.165, 1.54) is 37.9 Å². The van der Waals surface area contributed by atoms with E-state index in [9.17, 15) is 0 Å². The SMILES string of the molecule is CCCC1CCN(Cc2ccnc3nc(C)[nH]c23)C1. The van der Waals surface area contributed by atoms with Crippen molar-refractivity contribution >= 4 is 11.2 Å². The van der Waals surface area contributed by atoms with Crippen LogP contribution in [0.3, 0.4) is 0 Å². The van der Waals surface area contributed by atoms with Crippen molar-refractivity contribution in [2.45, 2.75) is 39.7 Å². The zero-order chi connectivity index (χ0) is 13.2. The third-order valence-corrected chi connectivity index (χ3v) is 4.06. The maximum Gasteiger partial charge on any atom is 0.177 e. The number of likely N-dealkylation sites (tertiary alicyclic amines) is 1. The Morgan fingerprint density at radius 1 is 1.47 bits per heavy atom. The minimum Gasteiger partial charge on any atom is -0.341 e. The molecule has 1 atom stereocenters. The first kappa shape index (κ1) is 12.6. The molecule has 2 aromatic rings. The third kappa shape index (κ3) is 2.63. The number of nitrogens with zero attached hydrogens (tertiary/aromatic N) is 3. The number of fused-ring (bicyclic) bond motifs is 1. The molecule has 0 saturated carbocycles. The Balaban J connectivity index is 1.75. The number of pyridine rings is 1. The normalized spacial score (nSPS) is 20.4. The fourth-order valence-electron chi connectivity index (χ4n) is 3.15. The van der Waals surface area contributed by atoms with Gasteiger partial charge in [0.05, 0.1) is 5.52 Å². The highest BCUT2D eigenvalue weighted by molar-refractivity contribution is 5.74. The number of aryl methyl sites for hydroxylation is 1. The number of imidazole rings is 1. The van der Waals surface area contributed by atoms with Crippen molar-refractivity contribution in [2.75, 3.05) is 13.1 Å². The molecule has 4 heteroatoms. The Bertz CT molecular complexity index is 560. The van der Waals surface area contributed by atoms with Crippen molar-refractivity contribution in [1.29, 1.82) is 0 Å². The molecule has 0 aromatic carbocycles. The van der Waals surface area contributed by atoms with Gasteiger partial charge in [-0.2, -0.15) is 0 Å². The van der Waals surface area contributed by atoms with Gasteiger partial charge in [-0.3, -0.25) is 4.90 Å². The zero-order valence-electron chi connectivity index (χ0n) is 11.8. The second kappa shape index (κ2) is 5.29. The second-order valence-electron chi connectivity index (χ2n) is 5.67. The maximum absolute atomic E-state index is 4.41. The lowest BCUT2D eigenvalue weighted by atomic mass is 10.0. The van der Waals surface area contributed by atoms with Crippen LogP contribution in [0.4, 0.5) is 0 Å². The summed E-state index contributed by atoms with van der Waals surface area (Å²) in [6, 6.07) is 2.12. The van der Waals surface area contributed by atoms with Crippen molar-refractivity contribution in [3.8, 4) is 0 Å². The number of aromatic nitrogens is 3. The molecule has 0 amide bonds. The lowest BCUT2D eigenvalue weighted by Gasteiger charge is -2.16. The van der Waals surface area contributed by atoms with E-state index in [-0.39, 0.29) is 0 Å². The summed E-state index contributed by atoms with van der Waals surface area (Å²) in [6.45, 7) is 7.74. The van der Waals surface area contributed by atoms with Gasteiger partial charge in [-0.15, -0.1) is 0 Å². The number of hydrogen-bond donors (Lipinski definition) is 1. The number of aromatic amines is 1. The number of hydrogen-bond acceptors (Lipinski definition) is 3. The summed E-state index contributed by atoms with van der Waals surface area (Å²) >= 11 is 0. The summed E-state index contributed by atoms with van der Waals surface area (Å²) in [6.07, 6.45) is 5.89. The largest absolute Gasteiger partial charge is 0.341 e. The molecule has 0 aliphatic carbocycles. The summed E-state index contributed by atoms with van der Waals surface area (Å²) in [7, 11) is 0. The molecule has 1 N–H and O–H groups in total. The van der Waals surface area contributed by atoms with Gasteiger partial charge in [-0.05, 0) is 43.9 Å². The topological polar surface area (TPSA) is 44.8 Å².